The van der Waals surface area contributed by atoms with Crippen LogP contribution in [0.2, 0.25) is 0 Å². The monoisotopic (exact) mass is 305 g/mol. The van der Waals surface area contributed by atoms with Crippen LogP contribution in [0.15, 0.2) is 24.3 Å². The fraction of sp³-hybridized carbons (Fsp3) is 0.250. The van der Waals surface area contributed by atoms with Crippen LogP contribution in [0, 0.1) is 18.3 Å². The molecule has 1 aromatic heterocycles. The van der Waals surface area contributed by atoms with Crippen molar-refractivity contribution in [3.05, 3.63) is 46.6 Å². The van der Waals surface area contributed by atoms with Gasteiger partial charge in [-0.05, 0) is 36.6 Å². The number of alkyl halides is 3. The van der Waals surface area contributed by atoms with Gasteiger partial charge in [0.05, 0.1) is 5.56 Å². The number of nitriles is 1. The van der Waals surface area contributed by atoms with Crippen LogP contribution in [0.4, 0.5) is 19.0 Å². The first-order chi connectivity index (χ1) is 10.3. The van der Waals surface area contributed by atoms with Crippen LogP contribution in [-0.2, 0) is 12.6 Å². The Morgan fingerprint density at radius 3 is 2.27 bits per heavy atom. The number of hydrogen-bond acceptors (Lipinski definition) is 3. The maximum atomic E-state index is 12.6. The van der Waals surface area contributed by atoms with Gasteiger partial charge in [0.15, 0.2) is 0 Å². The second-order valence-corrected chi connectivity index (χ2v) is 4.86. The number of nitrogens with zero attached hydrogens (tertiary/aromatic N) is 2. The van der Waals surface area contributed by atoms with Crippen LogP contribution < -0.4 is 5.73 Å². The van der Waals surface area contributed by atoms with Crippen LogP contribution in [0.5, 0.6) is 0 Å². The normalized spacial score (nSPS) is 11.3. The quantitative estimate of drug-likeness (QED) is 0.909. The molecule has 6 heteroatoms. The summed E-state index contributed by atoms with van der Waals surface area (Å²) in [7, 11) is 0. The molecule has 0 radical (unpaired) electrons. The molecular formula is C16H14F3N3. The first kappa shape index (κ1) is 15.8. The zero-order chi connectivity index (χ0) is 16.5. The van der Waals surface area contributed by atoms with Crippen molar-refractivity contribution in [2.45, 2.75) is 26.4 Å². The second kappa shape index (κ2) is 5.68. The predicted octanol–water partition coefficient (Wildman–Crippen LogP) is 4.09. The summed E-state index contributed by atoms with van der Waals surface area (Å²) in [4.78, 5) is 4.18. The van der Waals surface area contributed by atoms with Gasteiger partial charge in [0.2, 0.25) is 0 Å². The highest BCUT2D eigenvalue weighted by atomic mass is 19.4. The van der Waals surface area contributed by atoms with Crippen molar-refractivity contribution < 1.29 is 13.2 Å². The summed E-state index contributed by atoms with van der Waals surface area (Å²) in [5.41, 5.74) is 7.81. The van der Waals surface area contributed by atoms with Gasteiger partial charge in [-0.2, -0.15) is 18.4 Å². The molecule has 0 fully saturated rings. The van der Waals surface area contributed by atoms with Crippen molar-refractivity contribution in [1.82, 2.24) is 4.98 Å². The van der Waals surface area contributed by atoms with Crippen molar-refractivity contribution in [2.24, 2.45) is 0 Å². The van der Waals surface area contributed by atoms with E-state index in [1.807, 2.05) is 13.0 Å². The molecule has 0 saturated carbocycles. The van der Waals surface area contributed by atoms with Gasteiger partial charge in [-0.15, -0.1) is 0 Å². The number of aryl methyl sites for hydroxylation is 1. The molecule has 0 bridgehead atoms. The van der Waals surface area contributed by atoms with E-state index in [9.17, 15) is 18.4 Å². The van der Waals surface area contributed by atoms with Crippen molar-refractivity contribution in [1.29, 1.82) is 5.26 Å². The van der Waals surface area contributed by atoms with Gasteiger partial charge in [-0.3, -0.25) is 0 Å². The minimum Gasteiger partial charge on any atom is -0.383 e. The number of nitrogen functional groups attached to an aromatic ring is 1. The summed E-state index contributed by atoms with van der Waals surface area (Å²) in [5.74, 6) is 0.0971. The Bertz CT molecular complexity index is 740. The van der Waals surface area contributed by atoms with E-state index in [0.29, 0.717) is 17.5 Å². The number of benzene rings is 1. The molecule has 0 aliphatic rings. The van der Waals surface area contributed by atoms with E-state index in [2.05, 4.69) is 4.98 Å². The average Bonchev–Trinajstić information content (AvgIpc) is 2.48. The minimum atomic E-state index is -4.39. The highest BCUT2D eigenvalue weighted by Gasteiger charge is 2.30. The third kappa shape index (κ3) is 2.75. The Labute approximate surface area is 126 Å². The molecule has 0 unspecified atom stereocenters. The lowest BCUT2D eigenvalue weighted by Gasteiger charge is -2.14. The predicted molar refractivity (Wildman–Crippen MR) is 77.9 cm³/mol. The molecule has 1 aromatic carbocycles. The van der Waals surface area contributed by atoms with Gasteiger partial charge in [0.1, 0.15) is 17.5 Å². The fourth-order valence-electron chi connectivity index (χ4n) is 2.39. The van der Waals surface area contributed by atoms with Crippen LogP contribution in [-0.4, -0.2) is 4.98 Å². The molecular weight excluding hydrogens is 291 g/mol. The Morgan fingerprint density at radius 1 is 1.23 bits per heavy atom. The molecule has 0 saturated heterocycles. The summed E-state index contributed by atoms with van der Waals surface area (Å²) >= 11 is 0. The molecule has 0 aliphatic heterocycles. The molecule has 0 atom stereocenters. The number of anilines is 1. The zero-order valence-corrected chi connectivity index (χ0v) is 12.1. The molecule has 114 valence electrons. The Balaban J connectivity index is 2.67. The smallest absolute Gasteiger partial charge is 0.383 e. The largest absolute Gasteiger partial charge is 0.416 e. The SMILES string of the molecule is CCc1nc(N)c(C#N)c(-c2ccc(C(F)(F)F)cc2)c1C. The first-order valence-electron chi connectivity index (χ1n) is 6.66. The molecule has 0 aliphatic carbocycles. The van der Waals surface area contributed by atoms with Crippen LogP contribution in [0.3, 0.4) is 0 Å². The molecule has 3 nitrogen and oxygen atoms in total. The number of pyridine rings is 1. The zero-order valence-electron chi connectivity index (χ0n) is 12.1. The van der Waals surface area contributed by atoms with Crippen LogP contribution >= 0.6 is 0 Å². The standard InChI is InChI=1S/C16H14F3N3/c1-3-13-9(2)14(12(8-20)15(21)22-13)10-4-6-11(7-5-10)16(17,18)19/h4-7H,3H2,1-2H3,(H2,21,22). The topological polar surface area (TPSA) is 62.7 Å². The van der Waals surface area contributed by atoms with Crippen molar-refractivity contribution in [2.75, 3.05) is 5.73 Å². The van der Waals surface area contributed by atoms with E-state index in [-0.39, 0.29) is 11.4 Å². The van der Waals surface area contributed by atoms with Crippen LogP contribution in [0.25, 0.3) is 11.1 Å². The van der Waals surface area contributed by atoms with Gasteiger partial charge in [-0.25, -0.2) is 4.98 Å². The van der Waals surface area contributed by atoms with E-state index in [1.54, 1.807) is 6.92 Å². The maximum absolute atomic E-state index is 12.6. The Morgan fingerprint density at radius 2 is 1.82 bits per heavy atom. The molecule has 22 heavy (non-hydrogen) atoms. The number of nitrogens with two attached hydrogens (primary N) is 1. The van der Waals surface area contributed by atoms with Crippen molar-refractivity contribution in [3.63, 3.8) is 0 Å². The summed E-state index contributed by atoms with van der Waals surface area (Å²) in [6.07, 6.45) is -3.77. The fourth-order valence-corrected chi connectivity index (χ4v) is 2.39. The lowest BCUT2D eigenvalue weighted by Crippen LogP contribution is -2.06. The molecule has 1 heterocycles. The van der Waals surface area contributed by atoms with E-state index in [4.69, 9.17) is 5.73 Å². The summed E-state index contributed by atoms with van der Waals surface area (Å²) in [6, 6.07) is 6.69. The Hall–Kier alpha value is -2.55. The summed E-state index contributed by atoms with van der Waals surface area (Å²) in [6.45, 7) is 3.69. The number of rotatable bonds is 2. The average molecular weight is 305 g/mol. The van der Waals surface area contributed by atoms with Gasteiger partial charge >= 0.3 is 6.18 Å². The third-order valence-electron chi connectivity index (χ3n) is 3.52. The summed E-state index contributed by atoms with van der Waals surface area (Å²) < 4.78 is 37.9. The molecule has 0 amide bonds. The first-order valence-corrected chi connectivity index (χ1v) is 6.66. The minimum absolute atomic E-state index is 0.0971. The molecule has 2 aromatic rings. The third-order valence-corrected chi connectivity index (χ3v) is 3.52. The molecule has 0 spiro atoms. The maximum Gasteiger partial charge on any atom is 0.416 e. The van der Waals surface area contributed by atoms with Crippen LogP contribution in [0.1, 0.15) is 29.3 Å². The lowest BCUT2D eigenvalue weighted by atomic mass is 9.93. The highest BCUT2D eigenvalue weighted by molar-refractivity contribution is 5.79. The van der Waals surface area contributed by atoms with E-state index in [1.165, 1.54) is 12.1 Å². The van der Waals surface area contributed by atoms with Crippen molar-refractivity contribution in [3.8, 4) is 17.2 Å². The van der Waals surface area contributed by atoms with Crippen molar-refractivity contribution >= 4 is 5.82 Å². The van der Waals surface area contributed by atoms with Gasteiger partial charge in [0, 0.05) is 11.3 Å². The number of aromatic nitrogens is 1. The van der Waals surface area contributed by atoms with E-state index in [0.717, 1.165) is 23.4 Å². The summed E-state index contributed by atoms with van der Waals surface area (Å²) in [5, 5.41) is 9.28. The van der Waals surface area contributed by atoms with E-state index >= 15 is 0 Å². The number of hydrogen-bond donors (Lipinski definition) is 1. The molecule has 2 N–H and O–H groups in total. The highest BCUT2D eigenvalue weighted by Crippen LogP contribution is 2.35. The number of halogens is 3. The van der Waals surface area contributed by atoms with Gasteiger partial charge < -0.3 is 5.73 Å². The Kier molecular flexibility index (Phi) is 4.09. The molecule has 2 rings (SSSR count). The van der Waals surface area contributed by atoms with Gasteiger partial charge in [0.25, 0.3) is 0 Å². The van der Waals surface area contributed by atoms with Gasteiger partial charge in [-0.1, -0.05) is 19.1 Å². The lowest BCUT2D eigenvalue weighted by molar-refractivity contribution is -0.137. The van der Waals surface area contributed by atoms with E-state index < -0.39 is 11.7 Å². The second-order valence-electron chi connectivity index (χ2n) is 4.86.